The van der Waals surface area contributed by atoms with Gasteiger partial charge in [0, 0.05) is 31.4 Å². The van der Waals surface area contributed by atoms with Crippen molar-refractivity contribution in [1.82, 2.24) is 20.0 Å². The lowest BCUT2D eigenvalue weighted by atomic mass is 9.93. The van der Waals surface area contributed by atoms with Crippen LogP contribution in [-0.4, -0.2) is 46.3 Å². The Morgan fingerprint density at radius 2 is 2.25 bits per heavy atom. The number of rotatable bonds is 3. The molecule has 2 aliphatic heterocycles. The lowest BCUT2D eigenvalue weighted by Gasteiger charge is -2.27. The molecule has 110 valence electrons. The first-order chi connectivity index (χ1) is 9.60. The minimum atomic E-state index is 0.220. The highest BCUT2D eigenvalue weighted by atomic mass is 16.2. The van der Waals surface area contributed by atoms with Gasteiger partial charge in [-0.25, -0.2) is 0 Å². The number of nitrogens with one attached hydrogen (secondary N) is 1. The van der Waals surface area contributed by atoms with E-state index < -0.39 is 0 Å². The summed E-state index contributed by atoms with van der Waals surface area (Å²) in [5.41, 5.74) is 2.04. The van der Waals surface area contributed by atoms with E-state index in [4.69, 9.17) is 0 Å². The molecule has 1 aromatic rings. The number of amides is 1. The number of aromatic nitrogens is 2. The third kappa shape index (κ3) is 2.24. The fourth-order valence-electron chi connectivity index (χ4n) is 3.89. The van der Waals surface area contributed by atoms with Gasteiger partial charge in [0.05, 0.1) is 5.69 Å². The van der Waals surface area contributed by atoms with Crippen LogP contribution in [0.5, 0.6) is 0 Å². The molecule has 1 amide bonds. The van der Waals surface area contributed by atoms with Gasteiger partial charge < -0.3 is 10.2 Å². The SMILES string of the molecule is CCC1C2CNCC2CN1C(=O)Cn1nc(C)cc1C. The molecule has 1 N–H and O–H groups in total. The summed E-state index contributed by atoms with van der Waals surface area (Å²) in [4.78, 5) is 14.7. The average Bonchev–Trinajstić information content (AvgIpc) is 3.03. The number of nitrogens with zero attached hydrogens (tertiary/aromatic N) is 3. The molecule has 1 aromatic heterocycles. The van der Waals surface area contributed by atoms with E-state index in [9.17, 15) is 4.79 Å². The van der Waals surface area contributed by atoms with Crippen molar-refractivity contribution in [3.8, 4) is 0 Å². The molecule has 5 nitrogen and oxygen atoms in total. The zero-order valence-electron chi connectivity index (χ0n) is 12.6. The number of aryl methyl sites for hydroxylation is 2. The first-order valence-electron chi connectivity index (χ1n) is 7.61. The number of fused-ring (bicyclic) bond motifs is 1. The smallest absolute Gasteiger partial charge is 0.244 e. The predicted octanol–water partition coefficient (Wildman–Crippen LogP) is 0.956. The van der Waals surface area contributed by atoms with Crippen LogP contribution in [0.15, 0.2) is 6.07 Å². The van der Waals surface area contributed by atoms with E-state index in [1.165, 1.54) is 0 Å². The van der Waals surface area contributed by atoms with Crippen LogP contribution in [0.3, 0.4) is 0 Å². The number of likely N-dealkylation sites (tertiary alicyclic amines) is 1. The molecular weight excluding hydrogens is 252 g/mol. The highest BCUT2D eigenvalue weighted by molar-refractivity contribution is 5.76. The first kappa shape index (κ1) is 13.6. The summed E-state index contributed by atoms with van der Waals surface area (Å²) in [5.74, 6) is 1.51. The minimum absolute atomic E-state index is 0.220. The van der Waals surface area contributed by atoms with E-state index in [2.05, 4.69) is 22.2 Å². The van der Waals surface area contributed by atoms with E-state index in [0.29, 0.717) is 24.4 Å². The number of carbonyl (C=O) groups is 1. The lowest BCUT2D eigenvalue weighted by Crippen LogP contribution is -2.41. The molecule has 0 aliphatic carbocycles. The molecule has 3 atom stereocenters. The topological polar surface area (TPSA) is 50.2 Å². The molecule has 3 heterocycles. The third-order valence-electron chi connectivity index (χ3n) is 4.84. The van der Waals surface area contributed by atoms with Gasteiger partial charge in [0.15, 0.2) is 0 Å². The van der Waals surface area contributed by atoms with Gasteiger partial charge in [-0.1, -0.05) is 6.92 Å². The van der Waals surface area contributed by atoms with Crippen LogP contribution in [-0.2, 0) is 11.3 Å². The Morgan fingerprint density at radius 1 is 1.45 bits per heavy atom. The summed E-state index contributed by atoms with van der Waals surface area (Å²) in [5, 5.41) is 7.86. The number of carbonyl (C=O) groups excluding carboxylic acids is 1. The van der Waals surface area contributed by atoms with Gasteiger partial charge in [-0.05, 0) is 38.2 Å². The molecule has 20 heavy (non-hydrogen) atoms. The van der Waals surface area contributed by atoms with Crippen molar-refractivity contribution in [1.29, 1.82) is 0 Å². The van der Waals surface area contributed by atoms with Crippen molar-refractivity contribution in [2.75, 3.05) is 19.6 Å². The van der Waals surface area contributed by atoms with E-state index in [1.54, 1.807) is 0 Å². The summed E-state index contributed by atoms with van der Waals surface area (Å²) in [7, 11) is 0. The lowest BCUT2D eigenvalue weighted by molar-refractivity contribution is -0.133. The van der Waals surface area contributed by atoms with Crippen molar-refractivity contribution < 1.29 is 4.79 Å². The minimum Gasteiger partial charge on any atom is -0.337 e. The summed E-state index contributed by atoms with van der Waals surface area (Å²) in [6.07, 6.45) is 1.05. The van der Waals surface area contributed by atoms with Gasteiger partial charge in [0.1, 0.15) is 6.54 Å². The maximum absolute atomic E-state index is 12.6. The molecule has 2 saturated heterocycles. The third-order valence-corrected chi connectivity index (χ3v) is 4.84. The fraction of sp³-hybridized carbons (Fsp3) is 0.733. The van der Waals surface area contributed by atoms with Crippen molar-refractivity contribution in [2.24, 2.45) is 11.8 Å². The van der Waals surface area contributed by atoms with Gasteiger partial charge >= 0.3 is 0 Å². The van der Waals surface area contributed by atoms with Crippen LogP contribution in [0.4, 0.5) is 0 Å². The Morgan fingerprint density at radius 3 is 2.90 bits per heavy atom. The Hall–Kier alpha value is -1.36. The Kier molecular flexibility index (Phi) is 3.54. The van der Waals surface area contributed by atoms with Crippen LogP contribution < -0.4 is 5.32 Å². The van der Waals surface area contributed by atoms with Crippen molar-refractivity contribution in [3.05, 3.63) is 17.5 Å². The molecule has 3 rings (SSSR count). The van der Waals surface area contributed by atoms with E-state index in [0.717, 1.165) is 37.4 Å². The van der Waals surface area contributed by atoms with Crippen LogP contribution in [0, 0.1) is 25.7 Å². The summed E-state index contributed by atoms with van der Waals surface area (Å²) in [6, 6.07) is 2.42. The number of hydrogen-bond donors (Lipinski definition) is 1. The molecular formula is C15H24N4O. The zero-order valence-corrected chi connectivity index (χ0v) is 12.6. The van der Waals surface area contributed by atoms with Crippen molar-refractivity contribution in [2.45, 2.75) is 39.8 Å². The van der Waals surface area contributed by atoms with Crippen LogP contribution in [0.2, 0.25) is 0 Å². The van der Waals surface area contributed by atoms with Crippen LogP contribution >= 0.6 is 0 Å². The normalized spacial score (nSPS) is 28.9. The van der Waals surface area contributed by atoms with E-state index in [-0.39, 0.29) is 5.91 Å². The van der Waals surface area contributed by atoms with E-state index >= 15 is 0 Å². The van der Waals surface area contributed by atoms with Gasteiger partial charge in [0.2, 0.25) is 5.91 Å². The maximum Gasteiger partial charge on any atom is 0.244 e. The molecule has 5 heteroatoms. The molecule has 0 saturated carbocycles. The second kappa shape index (κ2) is 5.20. The zero-order chi connectivity index (χ0) is 14.3. The predicted molar refractivity (Wildman–Crippen MR) is 77.3 cm³/mol. The van der Waals surface area contributed by atoms with Crippen LogP contribution in [0.1, 0.15) is 24.7 Å². The fourth-order valence-corrected chi connectivity index (χ4v) is 3.89. The van der Waals surface area contributed by atoms with Crippen molar-refractivity contribution in [3.63, 3.8) is 0 Å². The summed E-state index contributed by atoms with van der Waals surface area (Å²) >= 11 is 0. The molecule has 2 fully saturated rings. The highest BCUT2D eigenvalue weighted by Crippen LogP contribution is 2.34. The Labute approximate surface area is 120 Å². The molecule has 2 aliphatic rings. The standard InChI is InChI=1S/C15H24N4O/c1-4-14-13-7-16-6-12(13)8-18(14)15(20)9-19-11(3)5-10(2)17-19/h5,12-14,16H,4,6-9H2,1-3H3. The largest absolute Gasteiger partial charge is 0.337 e. The Bertz CT molecular complexity index is 510. The number of hydrogen-bond acceptors (Lipinski definition) is 3. The molecule has 0 radical (unpaired) electrons. The van der Waals surface area contributed by atoms with Gasteiger partial charge in [-0.15, -0.1) is 0 Å². The molecule has 0 spiro atoms. The quantitative estimate of drug-likeness (QED) is 0.894. The second-order valence-electron chi connectivity index (χ2n) is 6.19. The van der Waals surface area contributed by atoms with Crippen molar-refractivity contribution >= 4 is 5.91 Å². The van der Waals surface area contributed by atoms with Gasteiger partial charge in [0.25, 0.3) is 0 Å². The van der Waals surface area contributed by atoms with Crippen LogP contribution in [0.25, 0.3) is 0 Å². The second-order valence-corrected chi connectivity index (χ2v) is 6.19. The molecule has 3 unspecified atom stereocenters. The molecule has 0 bridgehead atoms. The monoisotopic (exact) mass is 276 g/mol. The van der Waals surface area contributed by atoms with Gasteiger partial charge in [-0.2, -0.15) is 5.10 Å². The summed E-state index contributed by atoms with van der Waals surface area (Å²) in [6.45, 7) is 9.58. The maximum atomic E-state index is 12.6. The highest BCUT2D eigenvalue weighted by Gasteiger charge is 2.44. The Balaban J connectivity index is 1.72. The van der Waals surface area contributed by atoms with E-state index in [1.807, 2.05) is 24.6 Å². The van der Waals surface area contributed by atoms with Gasteiger partial charge in [-0.3, -0.25) is 9.48 Å². The molecule has 0 aromatic carbocycles. The average molecular weight is 276 g/mol. The summed E-state index contributed by atoms with van der Waals surface area (Å²) < 4.78 is 1.83. The first-order valence-corrected chi connectivity index (χ1v) is 7.61.